The average Bonchev–Trinajstić information content (AvgIpc) is 2.34. The number of nitrogens with zero attached hydrogens (tertiary/aromatic N) is 3. The summed E-state index contributed by atoms with van der Waals surface area (Å²) >= 11 is 0. The molecule has 18 heavy (non-hydrogen) atoms. The van der Waals surface area contributed by atoms with E-state index in [0.717, 1.165) is 18.5 Å². The van der Waals surface area contributed by atoms with Crippen LogP contribution >= 0.6 is 0 Å². The molecule has 0 aliphatic carbocycles. The molecule has 0 spiro atoms. The van der Waals surface area contributed by atoms with Gasteiger partial charge in [0.25, 0.3) is 5.56 Å². The fourth-order valence-electron chi connectivity index (χ4n) is 1.82. The van der Waals surface area contributed by atoms with Gasteiger partial charge >= 0.3 is 0 Å². The van der Waals surface area contributed by atoms with Crippen LogP contribution in [-0.4, -0.2) is 19.9 Å². The maximum Gasteiger partial charge on any atom is 0.280 e. The first kappa shape index (κ1) is 12.5. The number of unbranched alkanes of at least 4 members (excludes halogenated alkanes) is 3. The molecule has 6 nitrogen and oxygen atoms in total. The van der Waals surface area contributed by atoms with Gasteiger partial charge in [0.15, 0.2) is 11.2 Å². The predicted molar refractivity (Wildman–Crippen MR) is 70.2 cm³/mol. The molecule has 0 aromatic carbocycles. The van der Waals surface area contributed by atoms with Gasteiger partial charge in [-0.1, -0.05) is 26.2 Å². The number of hydrogen-bond donors (Lipinski definition) is 2. The lowest BCUT2D eigenvalue weighted by molar-refractivity contribution is 0.660. The van der Waals surface area contributed by atoms with Crippen molar-refractivity contribution >= 4 is 17.1 Å². The van der Waals surface area contributed by atoms with E-state index in [9.17, 15) is 4.79 Å². The molecule has 0 unspecified atom stereocenters. The number of H-pyrrole nitrogens is 1. The standard InChI is InChI=1S/C12H17N5O/c1-2-3-4-5-6-8-7-14-9-10(15-8)16-12(13)17-11(9)18/h7H,2-6H2,1H3,(H3,13,15,16,17,18). The maximum atomic E-state index is 11.5. The van der Waals surface area contributed by atoms with Gasteiger partial charge in [0.2, 0.25) is 5.95 Å². The number of hydrogen-bond acceptors (Lipinski definition) is 5. The lowest BCUT2D eigenvalue weighted by Gasteiger charge is -2.02. The van der Waals surface area contributed by atoms with Crippen LogP contribution in [0, 0.1) is 0 Å². The highest BCUT2D eigenvalue weighted by Gasteiger charge is 2.06. The van der Waals surface area contributed by atoms with Gasteiger partial charge in [0.05, 0.1) is 5.69 Å². The molecular formula is C12H17N5O. The van der Waals surface area contributed by atoms with E-state index < -0.39 is 0 Å². The number of nitrogen functional groups attached to an aromatic ring is 1. The number of aromatic nitrogens is 4. The van der Waals surface area contributed by atoms with Crippen molar-refractivity contribution in [2.75, 3.05) is 5.73 Å². The van der Waals surface area contributed by atoms with E-state index >= 15 is 0 Å². The predicted octanol–water partition coefficient (Wildman–Crippen LogP) is 1.42. The number of nitrogens with one attached hydrogen (secondary N) is 1. The molecule has 0 aliphatic rings. The van der Waals surface area contributed by atoms with E-state index in [-0.39, 0.29) is 17.0 Å². The van der Waals surface area contributed by atoms with Gasteiger partial charge in [0, 0.05) is 6.20 Å². The zero-order valence-corrected chi connectivity index (χ0v) is 10.4. The third-order valence-electron chi connectivity index (χ3n) is 2.77. The first-order valence-corrected chi connectivity index (χ1v) is 6.22. The summed E-state index contributed by atoms with van der Waals surface area (Å²) in [7, 11) is 0. The lowest BCUT2D eigenvalue weighted by atomic mass is 10.1. The molecule has 0 amide bonds. The normalized spacial score (nSPS) is 10.9. The summed E-state index contributed by atoms with van der Waals surface area (Å²) in [6.45, 7) is 2.18. The van der Waals surface area contributed by atoms with Gasteiger partial charge in [-0.05, 0) is 12.8 Å². The monoisotopic (exact) mass is 247 g/mol. The molecule has 96 valence electrons. The number of fused-ring (bicyclic) bond motifs is 1. The second-order valence-electron chi connectivity index (χ2n) is 4.30. The van der Waals surface area contributed by atoms with Crippen LogP contribution in [0.1, 0.15) is 38.3 Å². The molecular weight excluding hydrogens is 230 g/mol. The Hall–Kier alpha value is -1.98. The summed E-state index contributed by atoms with van der Waals surface area (Å²) in [6.07, 6.45) is 7.19. The van der Waals surface area contributed by atoms with Crippen molar-refractivity contribution in [3.63, 3.8) is 0 Å². The van der Waals surface area contributed by atoms with E-state index in [2.05, 4.69) is 26.9 Å². The summed E-state index contributed by atoms with van der Waals surface area (Å²) in [5, 5.41) is 0. The molecule has 0 saturated carbocycles. The molecule has 3 N–H and O–H groups in total. The highest BCUT2D eigenvalue weighted by atomic mass is 16.1. The van der Waals surface area contributed by atoms with Gasteiger partial charge < -0.3 is 5.73 Å². The van der Waals surface area contributed by atoms with Gasteiger partial charge in [-0.3, -0.25) is 9.78 Å². The average molecular weight is 247 g/mol. The number of rotatable bonds is 5. The Morgan fingerprint density at radius 3 is 2.89 bits per heavy atom. The van der Waals surface area contributed by atoms with Crippen LogP contribution in [0.15, 0.2) is 11.0 Å². The first-order chi connectivity index (χ1) is 8.70. The largest absolute Gasteiger partial charge is 0.369 e. The zero-order valence-electron chi connectivity index (χ0n) is 10.4. The molecule has 6 heteroatoms. The smallest absolute Gasteiger partial charge is 0.280 e. The second kappa shape index (κ2) is 5.57. The Morgan fingerprint density at radius 2 is 2.11 bits per heavy atom. The van der Waals surface area contributed by atoms with Crippen molar-refractivity contribution in [2.45, 2.75) is 39.0 Å². The molecule has 0 radical (unpaired) electrons. The van der Waals surface area contributed by atoms with Gasteiger partial charge in [0.1, 0.15) is 0 Å². The topological polar surface area (TPSA) is 97.5 Å². The molecule has 0 atom stereocenters. The fraction of sp³-hybridized carbons (Fsp3) is 0.500. The quantitative estimate of drug-likeness (QED) is 0.779. The van der Waals surface area contributed by atoms with Gasteiger partial charge in [-0.15, -0.1) is 0 Å². The van der Waals surface area contributed by atoms with Crippen molar-refractivity contribution in [1.29, 1.82) is 0 Å². The van der Waals surface area contributed by atoms with E-state index in [1.807, 2.05) is 0 Å². The second-order valence-corrected chi connectivity index (χ2v) is 4.30. The Morgan fingerprint density at radius 1 is 1.28 bits per heavy atom. The molecule has 2 aromatic heterocycles. The fourth-order valence-corrected chi connectivity index (χ4v) is 1.82. The summed E-state index contributed by atoms with van der Waals surface area (Å²) in [4.78, 5) is 26.3. The van der Waals surface area contributed by atoms with Crippen LogP contribution in [0.2, 0.25) is 0 Å². The molecule has 2 rings (SSSR count). The molecule has 0 saturated heterocycles. The van der Waals surface area contributed by atoms with Gasteiger partial charge in [-0.25, -0.2) is 9.97 Å². The van der Waals surface area contributed by atoms with Crippen molar-refractivity contribution in [3.05, 3.63) is 22.2 Å². The Balaban J connectivity index is 2.19. The zero-order chi connectivity index (χ0) is 13.0. The van der Waals surface area contributed by atoms with Crippen LogP contribution < -0.4 is 11.3 Å². The van der Waals surface area contributed by atoms with Gasteiger partial charge in [-0.2, -0.15) is 4.98 Å². The summed E-state index contributed by atoms with van der Waals surface area (Å²) < 4.78 is 0. The number of aromatic amines is 1. The van der Waals surface area contributed by atoms with Crippen LogP contribution in [-0.2, 0) is 6.42 Å². The van der Waals surface area contributed by atoms with E-state index in [1.54, 1.807) is 6.20 Å². The van der Waals surface area contributed by atoms with Crippen LogP contribution in [0.5, 0.6) is 0 Å². The number of aryl methyl sites for hydroxylation is 1. The van der Waals surface area contributed by atoms with E-state index in [0.29, 0.717) is 5.65 Å². The SMILES string of the molecule is CCCCCCc1cnc2c(=O)[nH]c(N)nc2n1. The van der Waals surface area contributed by atoms with Crippen molar-refractivity contribution in [2.24, 2.45) is 0 Å². The summed E-state index contributed by atoms with van der Waals surface area (Å²) in [5.74, 6) is 0.0740. The minimum Gasteiger partial charge on any atom is -0.369 e. The van der Waals surface area contributed by atoms with Crippen LogP contribution in [0.25, 0.3) is 11.2 Å². The third kappa shape index (κ3) is 2.82. The first-order valence-electron chi connectivity index (χ1n) is 6.22. The van der Waals surface area contributed by atoms with E-state index in [1.165, 1.54) is 19.3 Å². The summed E-state index contributed by atoms with van der Waals surface area (Å²) in [6, 6.07) is 0. The molecule has 2 heterocycles. The highest BCUT2D eigenvalue weighted by molar-refractivity contribution is 5.69. The van der Waals surface area contributed by atoms with Crippen molar-refractivity contribution < 1.29 is 0 Å². The number of anilines is 1. The van der Waals surface area contributed by atoms with Crippen LogP contribution in [0.3, 0.4) is 0 Å². The summed E-state index contributed by atoms with van der Waals surface area (Å²) in [5.41, 5.74) is 6.55. The minimum absolute atomic E-state index is 0.0740. The molecule has 0 fully saturated rings. The molecule has 0 bridgehead atoms. The minimum atomic E-state index is -0.345. The van der Waals surface area contributed by atoms with Crippen molar-refractivity contribution in [3.8, 4) is 0 Å². The van der Waals surface area contributed by atoms with E-state index in [4.69, 9.17) is 5.73 Å². The Labute approximate surface area is 105 Å². The third-order valence-corrected chi connectivity index (χ3v) is 2.77. The van der Waals surface area contributed by atoms with Crippen molar-refractivity contribution in [1.82, 2.24) is 19.9 Å². The van der Waals surface area contributed by atoms with Crippen LogP contribution in [0.4, 0.5) is 5.95 Å². The molecule has 2 aromatic rings. The Bertz CT molecular complexity index is 593. The molecule has 0 aliphatic heterocycles. The maximum absolute atomic E-state index is 11.5. The lowest BCUT2D eigenvalue weighted by Crippen LogP contribution is -2.14. The highest BCUT2D eigenvalue weighted by Crippen LogP contribution is 2.08. The number of nitrogens with two attached hydrogens (primary N) is 1. The Kier molecular flexibility index (Phi) is 3.86.